The molecule has 3 heterocycles. The van der Waals surface area contributed by atoms with Gasteiger partial charge < -0.3 is 10.1 Å². The number of carbonyl (C=O) groups excluding carboxylic acids is 3. The predicted octanol–water partition coefficient (Wildman–Crippen LogP) is 5.68. The number of nitrogens with one attached hydrogen (secondary N) is 1. The average Bonchev–Trinajstić information content (AvgIpc) is 3.44. The number of aromatic nitrogens is 1. The first kappa shape index (κ1) is 29.7. The number of fused-ring (bicyclic) bond motifs is 2. The lowest BCUT2D eigenvalue weighted by molar-refractivity contribution is -0.137. The predicted molar refractivity (Wildman–Crippen MR) is 160 cm³/mol. The Hall–Kier alpha value is -4.36. The molecule has 13 heteroatoms. The molecule has 226 valence electrons. The molecule has 4 aromatic rings. The highest BCUT2D eigenvalue weighted by atomic mass is 32.2. The Bertz CT molecular complexity index is 1850. The first-order valence-electron chi connectivity index (χ1n) is 13.4. The number of para-hydroxylation sites is 1. The fraction of sp³-hybridized carbons (Fsp3) is 0.226. The molecule has 2 aliphatic heterocycles. The molecule has 3 atom stereocenters. The van der Waals surface area contributed by atoms with Crippen LogP contribution in [0.3, 0.4) is 0 Å². The number of hydrogen-bond donors (Lipinski definition) is 1. The summed E-state index contributed by atoms with van der Waals surface area (Å²) in [5.41, 5.74) is 0.870. The lowest BCUT2D eigenvalue weighted by atomic mass is 9.83. The van der Waals surface area contributed by atoms with Crippen LogP contribution in [0.4, 0.5) is 24.5 Å². The molecular formula is C31H24F3N3O5S2. The number of thioether (sulfide) groups is 1. The SMILES string of the molecule is COc1ccc(C2c3sc(=O)n(CC(=O)Nc4ccccc4C)c3SC3C(=O)N(c4cccc(C(F)(F)F)c4)C(=O)C32)cc1. The molecule has 2 aliphatic rings. The maximum atomic E-state index is 14.0. The van der Waals surface area contributed by atoms with Crippen molar-refractivity contribution in [3.8, 4) is 5.75 Å². The van der Waals surface area contributed by atoms with Crippen LogP contribution in [0.25, 0.3) is 0 Å². The van der Waals surface area contributed by atoms with E-state index < -0.39 is 51.4 Å². The Morgan fingerprint density at radius 3 is 2.39 bits per heavy atom. The van der Waals surface area contributed by atoms with Crippen molar-refractivity contribution >= 4 is 52.2 Å². The summed E-state index contributed by atoms with van der Waals surface area (Å²) in [6.45, 7) is 1.50. The number of thiazole rings is 1. The maximum absolute atomic E-state index is 14.0. The van der Waals surface area contributed by atoms with E-state index in [9.17, 15) is 32.3 Å². The first-order chi connectivity index (χ1) is 21.0. The second kappa shape index (κ2) is 11.3. The standard InChI is InChI=1S/C31H24F3N3O5S2/c1-16-6-3-4-9-21(16)35-22(38)15-36-29-26(44-30(36)41)23(17-10-12-20(42-2)13-11-17)24-25(43-29)28(40)37(27(24)39)19-8-5-7-18(14-19)31(32,33)34/h3-14,23-25H,15H2,1-2H3,(H,35,38). The van der Waals surface area contributed by atoms with Crippen LogP contribution in [0.15, 0.2) is 82.6 Å². The van der Waals surface area contributed by atoms with Gasteiger partial charge in [-0.1, -0.05) is 59.5 Å². The minimum Gasteiger partial charge on any atom is -0.497 e. The van der Waals surface area contributed by atoms with Crippen molar-refractivity contribution in [1.82, 2.24) is 4.57 Å². The van der Waals surface area contributed by atoms with E-state index in [1.807, 2.05) is 19.1 Å². The topological polar surface area (TPSA) is 97.7 Å². The number of amides is 3. The molecule has 0 radical (unpaired) electrons. The van der Waals surface area contributed by atoms with E-state index in [-0.39, 0.29) is 12.2 Å². The molecule has 1 fully saturated rings. The highest BCUT2D eigenvalue weighted by molar-refractivity contribution is 8.00. The third-order valence-electron chi connectivity index (χ3n) is 7.68. The number of ether oxygens (including phenoxy) is 1. The molecule has 6 rings (SSSR count). The van der Waals surface area contributed by atoms with E-state index in [4.69, 9.17) is 4.74 Å². The molecule has 0 bridgehead atoms. The molecule has 1 aromatic heterocycles. The Morgan fingerprint density at radius 2 is 1.70 bits per heavy atom. The largest absolute Gasteiger partial charge is 0.497 e. The average molecular weight is 640 g/mol. The zero-order valence-corrected chi connectivity index (χ0v) is 24.9. The number of alkyl halides is 3. The lowest BCUT2D eigenvalue weighted by Crippen LogP contribution is -2.33. The monoisotopic (exact) mass is 639 g/mol. The van der Waals surface area contributed by atoms with Crippen molar-refractivity contribution in [2.45, 2.75) is 35.8 Å². The van der Waals surface area contributed by atoms with E-state index in [2.05, 4.69) is 5.32 Å². The number of carbonyl (C=O) groups is 3. The second-order valence-electron chi connectivity index (χ2n) is 10.4. The fourth-order valence-corrected chi connectivity index (χ4v) is 8.32. The van der Waals surface area contributed by atoms with Crippen molar-refractivity contribution < 1.29 is 32.3 Å². The van der Waals surface area contributed by atoms with Gasteiger partial charge in [0.2, 0.25) is 17.7 Å². The number of rotatable bonds is 6. The molecule has 1 saturated heterocycles. The summed E-state index contributed by atoms with van der Waals surface area (Å²) in [5.74, 6) is -3.03. The number of benzene rings is 3. The normalized spacial score (nSPS) is 19.5. The third-order valence-corrected chi connectivity index (χ3v) is 10.3. The summed E-state index contributed by atoms with van der Waals surface area (Å²) in [6.07, 6.45) is -4.67. The zero-order chi connectivity index (χ0) is 31.3. The molecule has 0 aliphatic carbocycles. The van der Waals surface area contributed by atoms with E-state index in [0.29, 0.717) is 26.9 Å². The van der Waals surface area contributed by atoms with Crippen molar-refractivity contribution in [2.75, 3.05) is 17.3 Å². The van der Waals surface area contributed by atoms with Gasteiger partial charge in [-0.15, -0.1) is 0 Å². The quantitative estimate of drug-likeness (QED) is 0.273. The van der Waals surface area contributed by atoms with Gasteiger partial charge in [-0.25, -0.2) is 4.90 Å². The summed E-state index contributed by atoms with van der Waals surface area (Å²) in [4.78, 5) is 55.1. The van der Waals surface area contributed by atoms with Crippen molar-refractivity contribution in [2.24, 2.45) is 5.92 Å². The summed E-state index contributed by atoms with van der Waals surface area (Å²) in [6, 6.07) is 18.1. The number of hydrogen-bond acceptors (Lipinski definition) is 7. The first-order valence-corrected chi connectivity index (χ1v) is 15.1. The number of imide groups is 1. The number of nitrogens with zero attached hydrogens (tertiary/aromatic N) is 2. The number of halogens is 3. The zero-order valence-electron chi connectivity index (χ0n) is 23.3. The van der Waals surface area contributed by atoms with Crippen LogP contribution in [0.5, 0.6) is 5.75 Å². The molecular weight excluding hydrogens is 615 g/mol. The maximum Gasteiger partial charge on any atom is 0.416 e. The molecule has 44 heavy (non-hydrogen) atoms. The van der Waals surface area contributed by atoms with Crippen molar-refractivity contribution in [3.63, 3.8) is 0 Å². The minimum absolute atomic E-state index is 0.184. The summed E-state index contributed by atoms with van der Waals surface area (Å²) < 4.78 is 47.1. The van der Waals surface area contributed by atoms with Crippen molar-refractivity contribution in [1.29, 1.82) is 0 Å². The third kappa shape index (κ3) is 5.19. The van der Waals surface area contributed by atoms with Gasteiger partial charge in [0.25, 0.3) is 0 Å². The summed E-state index contributed by atoms with van der Waals surface area (Å²) in [5, 5.41) is 2.13. The van der Waals surface area contributed by atoms with Crippen LogP contribution in [0.1, 0.15) is 27.5 Å². The van der Waals surface area contributed by atoms with Crippen LogP contribution in [-0.4, -0.2) is 34.6 Å². The number of methoxy groups -OCH3 is 1. The molecule has 3 unspecified atom stereocenters. The molecule has 1 N–H and O–H groups in total. The minimum atomic E-state index is -4.67. The van der Waals surface area contributed by atoms with Crippen molar-refractivity contribution in [3.05, 3.63) is 104 Å². The van der Waals surface area contributed by atoms with Gasteiger partial charge in [0, 0.05) is 16.5 Å². The van der Waals surface area contributed by atoms with E-state index in [1.165, 1.54) is 17.7 Å². The Kier molecular flexibility index (Phi) is 7.62. The molecule has 3 aromatic carbocycles. The van der Waals surface area contributed by atoms with Gasteiger partial charge in [0.1, 0.15) is 17.5 Å². The van der Waals surface area contributed by atoms with Gasteiger partial charge in [-0.3, -0.25) is 23.7 Å². The van der Waals surface area contributed by atoms with Crippen LogP contribution < -0.4 is 19.8 Å². The lowest BCUT2D eigenvalue weighted by Gasteiger charge is -2.30. The van der Waals surface area contributed by atoms with Gasteiger partial charge >= 0.3 is 11.0 Å². The second-order valence-corrected chi connectivity index (χ2v) is 12.5. The highest BCUT2D eigenvalue weighted by Crippen LogP contribution is 2.54. The number of aryl methyl sites for hydroxylation is 1. The highest BCUT2D eigenvalue weighted by Gasteiger charge is 2.57. The van der Waals surface area contributed by atoms with Gasteiger partial charge in [-0.2, -0.15) is 13.2 Å². The molecule has 0 saturated carbocycles. The van der Waals surface area contributed by atoms with Gasteiger partial charge in [0.05, 0.1) is 29.3 Å². The smallest absolute Gasteiger partial charge is 0.416 e. The van der Waals surface area contributed by atoms with E-state index in [1.54, 1.807) is 36.4 Å². The summed E-state index contributed by atoms with van der Waals surface area (Å²) >= 11 is 1.87. The molecule has 3 amide bonds. The Labute approximate surface area is 257 Å². The van der Waals surface area contributed by atoms with Crippen LogP contribution in [0, 0.1) is 12.8 Å². The van der Waals surface area contributed by atoms with Crippen LogP contribution in [-0.2, 0) is 27.1 Å². The van der Waals surface area contributed by atoms with Crippen LogP contribution in [0.2, 0.25) is 0 Å². The van der Waals surface area contributed by atoms with E-state index >= 15 is 0 Å². The fourth-order valence-electron chi connectivity index (χ4n) is 5.55. The summed E-state index contributed by atoms with van der Waals surface area (Å²) in [7, 11) is 1.50. The Morgan fingerprint density at radius 1 is 0.977 bits per heavy atom. The van der Waals surface area contributed by atoms with Gasteiger partial charge in [-0.05, 0) is 54.4 Å². The molecule has 0 spiro atoms. The van der Waals surface area contributed by atoms with Gasteiger partial charge in [0.15, 0.2) is 0 Å². The molecule has 8 nitrogen and oxygen atoms in total. The van der Waals surface area contributed by atoms with Crippen LogP contribution >= 0.6 is 23.1 Å². The van der Waals surface area contributed by atoms with E-state index in [0.717, 1.165) is 51.8 Å². The Balaban J connectivity index is 1.42. The number of anilines is 2.